The molecule has 0 aliphatic carbocycles. The fourth-order valence-corrected chi connectivity index (χ4v) is 6.11. The third-order valence-corrected chi connectivity index (χ3v) is 8.85. The number of piperidine rings is 1. The van der Waals surface area contributed by atoms with Crippen LogP contribution in [-0.2, 0) is 30.2 Å². The van der Waals surface area contributed by atoms with E-state index < -0.39 is 0 Å². The van der Waals surface area contributed by atoms with Gasteiger partial charge in [-0.2, -0.15) is 0 Å². The number of nitrogens with zero attached hydrogens (tertiary/aromatic N) is 3. The standard InChI is InChI=1S/C33H44N4O2S/c1-24-29(22-25-13-15-27(16-14-25)33(2,3)4)31(39)36(5)32(34-24)40-21-9-12-30(38)35-28-17-19-37(20-18-28)23-26-10-7-6-8-11-26/h6-8,10-11,13-16,28H,9,12,17-23H2,1-5H3,(H,35,38). The molecule has 2 aromatic carbocycles. The van der Waals surface area contributed by atoms with E-state index in [4.69, 9.17) is 4.98 Å². The summed E-state index contributed by atoms with van der Waals surface area (Å²) in [6.45, 7) is 11.5. The molecule has 6 nitrogen and oxygen atoms in total. The fraction of sp³-hybridized carbons (Fsp3) is 0.485. The minimum absolute atomic E-state index is 0.00578. The summed E-state index contributed by atoms with van der Waals surface area (Å²) in [7, 11) is 1.79. The zero-order valence-corrected chi connectivity index (χ0v) is 25.5. The Morgan fingerprint density at radius 1 is 1.02 bits per heavy atom. The SMILES string of the molecule is Cc1nc(SCCCC(=O)NC2CCN(Cc3ccccc3)CC2)n(C)c(=O)c1Cc1ccc(C(C)(C)C)cc1. The van der Waals surface area contributed by atoms with Gasteiger partial charge in [0.25, 0.3) is 5.56 Å². The number of carbonyl (C=O) groups is 1. The molecule has 1 aliphatic rings. The predicted octanol–water partition coefficient (Wildman–Crippen LogP) is 5.63. The molecule has 2 heterocycles. The first kappa shape index (κ1) is 30.1. The number of thioether (sulfide) groups is 1. The molecule has 0 bridgehead atoms. The smallest absolute Gasteiger partial charge is 0.257 e. The quantitative estimate of drug-likeness (QED) is 0.198. The molecule has 40 heavy (non-hydrogen) atoms. The van der Waals surface area contributed by atoms with Crippen LogP contribution in [0.15, 0.2) is 64.5 Å². The zero-order valence-electron chi connectivity index (χ0n) is 24.7. The lowest BCUT2D eigenvalue weighted by atomic mass is 9.86. The second-order valence-electron chi connectivity index (χ2n) is 12.0. The Hall–Kier alpha value is -2.90. The van der Waals surface area contributed by atoms with E-state index in [1.54, 1.807) is 23.4 Å². The van der Waals surface area contributed by atoms with Crippen LogP contribution in [0, 0.1) is 6.92 Å². The van der Waals surface area contributed by atoms with Crippen LogP contribution in [0.5, 0.6) is 0 Å². The Labute approximate surface area is 243 Å². The Bertz CT molecular complexity index is 1320. The van der Waals surface area contributed by atoms with Crippen LogP contribution in [0.25, 0.3) is 0 Å². The second-order valence-corrected chi connectivity index (χ2v) is 13.1. The number of hydrogen-bond acceptors (Lipinski definition) is 5. The maximum atomic E-state index is 13.2. The molecular formula is C33H44N4O2S. The van der Waals surface area contributed by atoms with Crippen molar-refractivity contribution >= 4 is 17.7 Å². The summed E-state index contributed by atoms with van der Waals surface area (Å²) in [5.74, 6) is 0.865. The Morgan fingerprint density at radius 2 is 1.70 bits per heavy atom. The monoisotopic (exact) mass is 560 g/mol. The summed E-state index contributed by atoms with van der Waals surface area (Å²) < 4.78 is 1.65. The number of aryl methyl sites for hydroxylation is 1. The van der Waals surface area contributed by atoms with E-state index in [-0.39, 0.29) is 22.9 Å². The minimum Gasteiger partial charge on any atom is -0.353 e. The first-order chi connectivity index (χ1) is 19.1. The number of rotatable bonds is 10. The van der Waals surface area contributed by atoms with Gasteiger partial charge in [0.05, 0.1) is 0 Å². The maximum absolute atomic E-state index is 13.2. The zero-order chi connectivity index (χ0) is 28.7. The van der Waals surface area contributed by atoms with E-state index in [9.17, 15) is 9.59 Å². The number of amides is 1. The van der Waals surface area contributed by atoms with Crippen LogP contribution in [0.4, 0.5) is 0 Å². The van der Waals surface area contributed by atoms with Crippen LogP contribution < -0.4 is 10.9 Å². The molecule has 214 valence electrons. The molecule has 0 unspecified atom stereocenters. The molecule has 1 fully saturated rings. The highest BCUT2D eigenvalue weighted by Gasteiger charge is 2.21. The average Bonchev–Trinajstić information content (AvgIpc) is 2.93. The van der Waals surface area contributed by atoms with Gasteiger partial charge in [-0.3, -0.25) is 19.1 Å². The van der Waals surface area contributed by atoms with Crippen molar-refractivity contribution in [3.8, 4) is 0 Å². The molecule has 1 saturated heterocycles. The van der Waals surface area contributed by atoms with E-state index >= 15 is 0 Å². The summed E-state index contributed by atoms with van der Waals surface area (Å²) in [4.78, 5) is 32.9. The molecule has 0 spiro atoms. The number of benzene rings is 2. The molecule has 7 heteroatoms. The van der Waals surface area contributed by atoms with E-state index in [0.717, 1.165) is 61.5 Å². The number of likely N-dealkylation sites (tertiary alicyclic amines) is 1. The third-order valence-electron chi connectivity index (χ3n) is 7.73. The van der Waals surface area contributed by atoms with Gasteiger partial charge in [-0.25, -0.2) is 4.98 Å². The minimum atomic E-state index is 0.00578. The number of aromatic nitrogens is 2. The van der Waals surface area contributed by atoms with Crippen molar-refractivity contribution in [3.63, 3.8) is 0 Å². The molecule has 1 amide bonds. The average molecular weight is 561 g/mol. The van der Waals surface area contributed by atoms with Crippen LogP contribution in [0.1, 0.15) is 74.4 Å². The van der Waals surface area contributed by atoms with Crippen molar-refractivity contribution < 1.29 is 4.79 Å². The van der Waals surface area contributed by atoms with Crippen LogP contribution in [-0.4, -0.2) is 45.2 Å². The van der Waals surface area contributed by atoms with Crippen molar-refractivity contribution in [1.29, 1.82) is 0 Å². The van der Waals surface area contributed by atoms with Crippen molar-refractivity contribution in [2.24, 2.45) is 7.05 Å². The van der Waals surface area contributed by atoms with Gasteiger partial charge in [-0.1, -0.05) is 87.1 Å². The van der Waals surface area contributed by atoms with Gasteiger partial charge >= 0.3 is 0 Å². The summed E-state index contributed by atoms with van der Waals surface area (Å²) >= 11 is 1.55. The van der Waals surface area contributed by atoms with Crippen molar-refractivity contribution in [2.45, 2.75) is 83.0 Å². The lowest BCUT2D eigenvalue weighted by Crippen LogP contribution is -2.44. The first-order valence-corrected chi connectivity index (χ1v) is 15.4. The van der Waals surface area contributed by atoms with Gasteiger partial charge in [-0.15, -0.1) is 0 Å². The molecule has 3 aromatic rings. The molecule has 1 N–H and O–H groups in total. The van der Waals surface area contributed by atoms with Gasteiger partial charge in [0.1, 0.15) is 0 Å². The van der Waals surface area contributed by atoms with Crippen LogP contribution >= 0.6 is 11.8 Å². The van der Waals surface area contributed by atoms with Crippen molar-refractivity contribution in [1.82, 2.24) is 19.8 Å². The summed E-state index contributed by atoms with van der Waals surface area (Å²) in [5.41, 5.74) is 5.36. The molecule has 0 saturated carbocycles. The summed E-state index contributed by atoms with van der Waals surface area (Å²) in [5, 5.41) is 3.94. The van der Waals surface area contributed by atoms with Gasteiger partial charge in [-0.05, 0) is 48.3 Å². The van der Waals surface area contributed by atoms with Crippen molar-refractivity contribution in [2.75, 3.05) is 18.8 Å². The molecule has 4 rings (SSSR count). The normalized spacial score (nSPS) is 14.8. The van der Waals surface area contributed by atoms with Gasteiger partial charge in [0.15, 0.2) is 5.16 Å². The molecule has 1 aromatic heterocycles. The van der Waals surface area contributed by atoms with E-state index in [1.165, 1.54) is 11.1 Å². The molecule has 1 aliphatic heterocycles. The summed E-state index contributed by atoms with van der Waals surface area (Å²) in [6, 6.07) is 19.3. The van der Waals surface area contributed by atoms with E-state index in [0.29, 0.717) is 18.0 Å². The Kier molecular flexibility index (Phi) is 10.3. The Morgan fingerprint density at radius 3 is 2.35 bits per heavy atom. The van der Waals surface area contributed by atoms with Crippen LogP contribution in [0.3, 0.4) is 0 Å². The van der Waals surface area contributed by atoms with E-state index in [2.05, 4.69) is 79.5 Å². The number of hydrogen-bond donors (Lipinski definition) is 1. The van der Waals surface area contributed by atoms with Gasteiger partial charge in [0, 0.05) is 62.6 Å². The first-order valence-electron chi connectivity index (χ1n) is 14.4. The lowest BCUT2D eigenvalue weighted by molar-refractivity contribution is -0.122. The molecular weight excluding hydrogens is 516 g/mol. The van der Waals surface area contributed by atoms with Crippen molar-refractivity contribution in [3.05, 3.63) is 92.9 Å². The highest BCUT2D eigenvalue weighted by molar-refractivity contribution is 7.99. The summed E-state index contributed by atoms with van der Waals surface area (Å²) in [6.07, 6.45) is 3.80. The topological polar surface area (TPSA) is 67.2 Å². The molecule has 0 atom stereocenters. The highest BCUT2D eigenvalue weighted by atomic mass is 32.2. The second kappa shape index (κ2) is 13.6. The Balaban J connectivity index is 1.21. The largest absolute Gasteiger partial charge is 0.353 e. The van der Waals surface area contributed by atoms with Gasteiger partial charge < -0.3 is 5.32 Å². The predicted molar refractivity (Wildman–Crippen MR) is 165 cm³/mol. The van der Waals surface area contributed by atoms with Gasteiger partial charge in [0.2, 0.25) is 5.91 Å². The number of nitrogens with one attached hydrogen (secondary N) is 1. The number of carbonyl (C=O) groups excluding carboxylic acids is 1. The third kappa shape index (κ3) is 8.31. The fourth-order valence-electron chi connectivity index (χ4n) is 5.16. The van der Waals surface area contributed by atoms with E-state index in [1.807, 2.05) is 13.0 Å². The highest BCUT2D eigenvalue weighted by Crippen LogP contribution is 2.23. The molecule has 0 radical (unpaired) electrons. The lowest BCUT2D eigenvalue weighted by Gasteiger charge is -2.32. The van der Waals surface area contributed by atoms with Crippen LogP contribution in [0.2, 0.25) is 0 Å². The maximum Gasteiger partial charge on any atom is 0.257 e.